The van der Waals surface area contributed by atoms with Crippen LogP contribution in [0.2, 0.25) is 0 Å². The van der Waals surface area contributed by atoms with Gasteiger partial charge in [0.1, 0.15) is 18.5 Å². The fourth-order valence-electron chi connectivity index (χ4n) is 2.60. The molecule has 0 radical (unpaired) electrons. The van der Waals surface area contributed by atoms with Crippen molar-refractivity contribution in [1.29, 1.82) is 0 Å². The van der Waals surface area contributed by atoms with Crippen LogP contribution in [-0.4, -0.2) is 47.8 Å². The first-order valence-electron chi connectivity index (χ1n) is 6.48. The lowest BCUT2D eigenvalue weighted by molar-refractivity contribution is -0.192. The van der Waals surface area contributed by atoms with Crippen molar-refractivity contribution in [3.05, 3.63) is 12.7 Å². The van der Waals surface area contributed by atoms with Crippen molar-refractivity contribution in [2.24, 2.45) is 5.92 Å². The SMILES string of the molecule is C#C[C@]1(O)[C@H](n2cnc3c(N)ncnc32)O[C@](F)(CO)[C@H]1C. The first-order valence-corrected chi connectivity index (χ1v) is 6.48. The standard InChI is InChI=1S/C13H14FN5O3/c1-3-12(21)7(2)13(14,4-20)22-11(12)19-6-18-8-9(15)16-5-17-10(8)19/h1,5-7,11,20-21H,4H2,2H3,(H2,15,16,17)/t7-,11+,12+,13+/m0/s1. The van der Waals surface area contributed by atoms with Crippen molar-refractivity contribution in [3.63, 3.8) is 0 Å². The van der Waals surface area contributed by atoms with Gasteiger partial charge in [0.05, 0.1) is 12.2 Å². The van der Waals surface area contributed by atoms with E-state index in [1.54, 1.807) is 0 Å². The topological polar surface area (TPSA) is 119 Å². The average Bonchev–Trinajstić information content (AvgIpc) is 3.03. The van der Waals surface area contributed by atoms with Crippen LogP contribution in [0.25, 0.3) is 11.2 Å². The van der Waals surface area contributed by atoms with Crippen LogP contribution in [0.1, 0.15) is 13.2 Å². The molecule has 0 amide bonds. The summed E-state index contributed by atoms with van der Waals surface area (Å²) in [7, 11) is 0. The Balaban J connectivity index is 2.18. The maximum Gasteiger partial charge on any atom is 0.240 e. The molecule has 2 aromatic heterocycles. The molecular formula is C13H14FN5O3. The second-order valence-corrected chi connectivity index (χ2v) is 5.19. The number of aromatic nitrogens is 4. The van der Waals surface area contributed by atoms with E-state index in [-0.39, 0.29) is 17.0 Å². The van der Waals surface area contributed by atoms with E-state index in [9.17, 15) is 14.6 Å². The largest absolute Gasteiger partial charge is 0.390 e. The number of rotatable bonds is 2. The second-order valence-electron chi connectivity index (χ2n) is 5.19. The molecule has 1 aliphatic rings. The fourth-order valence-corrected chi connectivity index (χ4v) is 2.60. The Morgan fingerprint density at radius 3 is 2.91 bits per heavy atom. The average molecular weight is 307 g/mol. The number of hydrogen-bond donors (Lipinski definition) is 3. The third kappa shape index (κ3) is 1.72. The number of alkyl halides is 1. The number of imidazole rings is 1. The van der Waals surface area contributed by atoms with Crippen LogP contribution < -0.4 is 5.73 Å². The van der Waals surface area contributed by atoms with Crippen molar-refractivity contribution in [2.75, 3.05) is 12.3 Å². The molecule has 0 spiro atoms. The minimum absolute atomic E-state index is 0.132. The molecule has 2 aromatic rings. The summed E-state index contributed by atoms with van der Waals surface area (Å²) in [6.45, 7) is 0.414. The van der Waals surface area contributed by atoms with Gasteiger partial charge in [0.25, 0.3) is 0 Å². The highest BCUT2D eigenvalue weighted by Gasteiger charge is 2.62. The highest BCUT2D eigenvalue weighted by atomic mass is 19.2. The van der Waals surface area contributed by atoms with E-state index in [1.807, 2.05) is 0 Å². The van der Waals surface area contributed by atoms with Crippen LogP contribution >= 0.6 is 0 Å². The molecule has 9 heteroatoms. The summed E-state index contributed by atoms with van der Waals surface area (Å²) >= 11 is 0. The van der Waals surface area contributed by atoms with Gasteiger partial charge < -0.3 is 20.7 Å². The maximum atomic E-state index is 14.6. The maximum absolute atomic E-state index is 14.6. The number of hydrogen-bond acceptors (Lipinski definition) is 7. The summed E-state index contributed by atoms with van der Waals surface area (Å²) in [5, 5.41) is 19.9. The normalized spacial score (nSPS) is 34.9. The number of anilines is 1. The Bertz CT molecular complexity index is 775. The van der Waals surface area contributed by atoms with Gasteiger partial charge in [-0.1, -0.05) is 12.8 Å². The highest BCUT2D eigenvalue weighted by Crippen LogP contribution is 2.49. The number of nitrogen functional groups attached to an aromatic ring is 1. The summed E-state index contributed by atoms with van der Waals surface area (Å²) in [6.07, 6.45) is 6.55. The first-order chi connectivity index (χ1) is 10.4. The third-order valence-electron chi connectivity index (χ3n) is 4.08. The van der Waals surface area contributed by atoms with Gasteiger partial charge in [0.2, 0.25) is 5.85 Å². The Kier molecular flexibility index (Phi) is 3.07. The number of fused-ring (bicyclic) bond motifs is 1. The van der Waals surface area contributed by atoms with Crippen molar-refractivity contribution in [2.45, 2.75) is 24.6 Å². The van der Waals surface area contributed by atoms with Gasteiger partial charge in [-0.05, 0) is 0 Å². The van der Waals surface area contributed by atoms with Gasteiger partial charge in [0, 0.05) is 0 Å². The van der Waals surface area contributed by atoms with Gasteiger partial charge >= 0.3 is 0 Å². The van der Waals surface area contributed by atoms with Crippen molar-refractivity contribution >= 4 is 17.0 Å². The monoisotopic (exact) mass is 307 g/mol. The highest BCUT2D eigenvalue weighted by molar-refractivity contribution is 5.81. The zero-order chi connectivity index (χ0) is 16.1. The van der Waals surface area contributed by atoms with Crippen LogP contribution in [0.3, 0.4) is 0 Å². The molecule has 1 saturated heterocycles. The predicted octanol–water partition coefficient (Wildman–Crippen LogP) is -0.404. The molecule has 0 aliphatic carbocycles. The van der Waals surface area contributed by atoms with Gasteiger partial charge in [-0.3, -0.25) is 4.57 Å². The molecule has 1 aliphatic heterocycles. The molecule has 0 bridgehead atoms. The van der Waals surface area contributed by atoms with Crippen LogP contribution in [-0.2, 0) is 4.74 Å². The number of nitrogens with zero attached hydrogens (tertiary/aromatic N) is 4. The summed E-state index contributed by atoms with van der Waals surface area (Å²) in [5.41, 5.74) is 4.21. The molecule has 0 unspecified atom stereocenters. The number of terminal acetylenes is 1. The number of halogens is 1. The molecule has 4 atom stereocenters. The Morgan fingerprint density at radius 1 is 1.55 bits per heavy atom. The predicted molar refractivity (Wildman–Crippen MR) is 73.7 cm³/mol. The lowest BCUT2D eigenvalue weighted by atomic mass is 9.86. The number of nitrogens with two attached hydrogens (primary N) is 1. The molecule has 0 saturated carbocycles. The Hall–Kier alpha value is -2.28. The van der Waals surface area contributed by atoms with Gasteiger partial charge in [0.15, 0.2) is 23.3 Å². The zero-order valence-corrected chi connectivity index (χ0v) is 11.6. The molecule has 1 fully saturated rings. The Morgan fingerprint density at radius 2 is 2.27 bits per heavy atom. The summed E-state index contributed by atoms with van der Waals surface area (Å²) in [4.78, 5) is 11.8. The van der Waals surface area contributed by atoms with Crippen molar-refractivity contribution in [3.8, 4) is 12.3 Å². The van der Waals surface area contributed by atoms with Crippen molar-refractivity contribution < 1.29 is 19.3 Å². The quantitative estimate of drug-likeness (QED) is 0.645. The molecule has 116 valence electrons. The van der Waals surface area contributed by atoms with Crippen molar-refractivity contribution in [1.82, 2.24) is 19.5 Å². The fraction of sp³-hybridized carbons (Fsp3) is 0.462. The van der Waals surface area contributed by atoms with E-state index in [0.717, 1.165) is 0 Å². The first kappa shape index (κ1) is 14.6. The minimum atomic E-state index is -2.49. The lowest BCUT2D eigenvalue weighted by Crippen LogP contribution is -2.43. The number of ether oxygens (including phenoxy) is 1. The molecular weight excluding hydrogens is 293 g/mol. The van der Waals surface area contributed by atoms with E-state index in [0.29, 0.717) is 0 Å². The molecule has 3 rings (SSSR count). The number of aliphatic hydroxyl groups excluding tert-OH is 1. The van der Waals surface area contributed by atoms with E-state index in [4.69, 9.17) is 16.9 Å². The molecule has 4 N–H and O–H groups in total. The lowest BCUT2D eigenvalue weighted by Gasteiger charge is -2.27. The van der Waals surface area contributed by atoms with Crippen LogP contribution in [0.15, 0.2) is 12.7 Å². The summed E-state index contributed by atoms with van der Waals surface area (Å²) in [6, 6.07) is 0. The van der Waals surface area contributed by atoms with E-state index in [1.165, 1.54) is 24.1 Å². The van der Waals surface area contributed by atoms with E-state index >= 15 is 0 Å². The van der Waals surface area contributed by atoms with Gasteiger partial charge in [-0.25, -0.2) is 19.3 Å². The summed E-state index contributed by atoms with van der Waals surface area (Å²) < 4.78 is 21.1. The van der Waals surface area contributed by atoms with E-state index in [2.05, 4.69) is 20.9 Å². The van der Waals surface area contributed by atoms with E-state index < -0.39 is 30.2 Å². The second kappa shape index (κ2) is 4.61. The van der Waals surface area contributed by atoms with Gasteiger partial charge in [-0.15, -0.1) is 6.42 Å². The third-order valence-corrected chi connectivity index (χ3v) is 4.08. The smallest absolute Gasteiger partial charge is 0.240 e. The summed E-state index contributed by atoms with van der Waals surface area (Å²) in [5.74, 6) is -1.37. The van der Waals surface area contributed by atoms with Crippen LogP contribution in [0, 0.1) is 18.3 Å². The molecule has 22 heavy (non-hydrogen) atoms. The molecule has 0 aromatic carbocycles. The Labute approximate surface area is 124 Å². The molecule has 3 heterocycles. The van der Waals surface area contributed by atoms with Gasteiger partial charge in [-0.2, -0.15) is 0 Å². The van der Waals surface area contributed by atoms with Crippen LogP contribution in [0.5, 0.6) is 0 Å². The minimum Gasteiger partial charge on any atom is -0.390 e. The number of aliphatic hydroxyl groups is 2. The van der Waals surface area contributed by atoms with Crippen LogP contribution in [0.4, 0.5) is 10.2 Å². The molecule has 8 nitrogen and oxygen atoms in total. The zero-order valence-electron chi connectivity index (χ0n) is 11.6.